The summed E-state index contributed by atoms with van der Waals surface area (Å²) in [5, 5.41) is 12.2. The van der Waals surface area contributed by atoms with Crippen molar-refractivity contribution in [1.29, 1.82) is 5.26 Å². The van der Waals surface area contributed by atoms with E-state index < -0.39 is 0 Å². The first-order valence-corrected chi connectivity index (χ1v) is 6.27. The van der Waals surface area contributed by atoms with Crippen molar-refractivity contribution in [3.8, 4) is 6.07 Å². The Morgan fingerprint density at radius 3 is 3.00 bits per heavy atom. The normalized spacial score (nSPS) is 14.8. The highest BCUT2D eigenvalue weighted by Gasteiger charge is 2.18. The van der Waals surface area contributed by atoms with Crippen molar-refractivity contribution in [1.82, 2.24) is 15.2 Å². The van der Waals surface area contributed by atoms with E-state index in [9.17, 15) is 4.79 Å². The second-order valence-electron chi connectivity index (χ2n) is 4.47. The first-order valence-electron chi connectivity index (χ1n) is 6.27. The molecule has 1 amide bonds. The van der Waals surface area contributed by atoms with Gasteiger partial charge in [0.2, 0.25) is 5.91 Å². The van der Waals surface area contributed by atoms with Gasteiger partial charge in [-0.05, 0) is 12.1 Å². The molecule has 0 saturated carbocycles. The summed E-state index contributed by atoms with van der Waals surface area (Å²) >= 11 is 0. The fourth-order valence-corrected chi connectivity index (χ4v) is 2.09. The number of carbonyl (C=O) groups excluding carboxylic acids is 1. The Bertz CT molecular complexity index is 490. The summed E-state index contributed by atoms with van der Waals surface area (Å²) in [6.07, 6.45) is 1.58. The molecule has 0 atom stereocenters. The number of hydrogen-bond acceptors (Lipinski definition) is 5. The summed E-state index contributed by atoms with van der Waals surface area (Å²) < 4.78 is 0. The van der Waals surface area contributed by atoms with Crippen LogP contribution in [0.15, 0.2) is 18.3 Å². The molecule has 2 heterocycles. The number of pyridine rings is 1. The van der Waals surface area contributed by atoms with Crippen molar-refractivity contribution in [2.75, 3.05) is 44.7 Å². The zero-order valence-electron chi connectivity index (χ0n) is 11.0. The Hall–Kier alpha value is -2.13. The van der Waals surface area contributed by atoms with Crippen molar-refractivity contribution in [3.05, 3.63) is 24.0 Å². The fourth-order valence-electron chi connectivity index (χ4n) is 2.09. The van der Waals surface area contributed by atoms with Crippen LogP contribution in [0.2, 0.25) is 0 Å². The molecule has 0 aromatic carbocycles. The number of likely N-dealkylation sites (N-methyl/N-ethyl adjacent to an activating group) is 1. The van der Waals surface area contributed by atoms with Crippen molar-refractivity contribution in [3.63, 3.8) is 0 Å². The predicted octanol–water partition coefficient (Wildman–Crippen LogP) is -0.179. The highest BCUT2D eigenvalue weighted by atomic mass is 16.2. The first-order chi connectivity index (χ1) is 9.22. The summed E-state index contributed by atoms with van der Waals surface area (Å²) in [7, 11) is 1.80. The Labute approximate surface area is 112 Å². The minimum absolute atomic E-state index is 0.0803. The van der Waals surface area contributed by atoms with Crippen LogP contribution < -0.4 is 10.2 Å². The number of carbonyl (C=O) groups is 1. The van der Waals surface area contributed by atoms with Crippen molar-refractivity contribution in [2.24, 2.45) is 0 Å². The molecule has 6 heteroatoms. The van der Waals surface area contributed by atoms with E-state index in [2.05, 4.69) is 10.3 Å². The number of anilines is 1. The highest BCUT2D eigenvalue weighted by molar-refractivity contribution is 5.82. The average molecular weight is 259 g/mol. The van der Waals surface area contributed by atoms with Crippen LogP contribution in [0.5, 0.6) is 0 Å². The summed E-state index contributed by atoms with van der Waals surface area (Å²) in [6.45, 7) is 3.42. The predicted molar refractivity (Wildman–Crippen MR) is 71.7 cm³/mol. The molecule has 100 valence electrons. The maximum Gasteiger partial charge on any atom is 0.242 e. The van der Waals surface area contributed by atoms with Gasteiger partial charge in [0, 0.05) is 39.4 Å². The molecule has 1 aromatic rings. The van der Waals surface area contributed by atoms with E-state index in [0.717, 1.165) is 26.2 Å². The zero-order chi connectivity index (χ0) is 13.7. The van der Waals surface area contributed by atoms with Crippen molar-refractivity contribution in [2.45, 2.75) is 0 Å². The standard InChI is InChI=1S/C13H17N5O/c1-17(12-3-2-4-16-11(12)9-14)10-13(19)18-7-5-15-6-8-18/h2-4,15H,5-8,10H2,1H3. The average Bonchev–Trinajstić information content (AvgIpc) is 2.48. The quantitative estimate of drug-likeness (QED) is 0.815. The van der Waals surface area contributed by atoms with E-state index in [4.69, 9.17) is 5.26 Å². The Kier molecular flexibility index (Phi) is 4.31. The van der Waals surface area contributed by atoms with Gasteiger partial charge in [0.25, 0.3) is 0 Å². The largest absolute Gasteiger partial charge is 0.363 e. The number of piperazine rings is 1. The van der Waals surface area contributed by atoms with Crippen LogP contribution in [0.4, 0.5) is 5.69 Å². The Morgan fingerprint density at radius 2 is 2.32 bits per heavy atom. The Morgan fingerprint density at radius 1 is 1.58 bits per heavy atom. The molecule has 1 aromatic heterocycles. The van der Waals surface area contributed by atoms with Gasteiger partial charge in [-0.25, -0.2) is 4.98 Å². The number of amides is 1. The van der Waals surface area contributed by atoms with Crippen LogP contribution in [0.25, 0.3) is 0 Å². The molecular weight excluding hydrogens is 242 g/mol. The van der Waals surface area contributed by atoms with Gasteiger partial charge in [-0.3, -0.25) is 4.79 Å². The molecule has 1 aliphatic heterocycles. The summed E-state index contributed by atoms with van der Waals surface area (Å²) in [6, 6.07) is 5.61. The fraction of sp³-hybridized carbons (Fsp3) is 0.462. The van der Waals surface area contributed by atoms with Crippen LogP contribution in [-0.4, -0.2) is 55.6 Å². The third-order valence-corrected chi connectivity index (χ3v) is 3.15. The number of nitrogens with one attached hydrogen (secondary N) is 1. The Balaban J connectivity index is 2.02. The molecule has 0 aliphatic carbocycles. The molecule has 0 spiro atoms. The van der Waals surface area contributed by atoms with Gasteiger partial charge in [-0.2, -0.15) is 5.26 Å². The molecule has 1 saturated heterocycles. The van der Waals surface area contributed by atoms with Crippen LogP contribution in [-0.2, 0) is 4.79 Å². The van der Waals surface area contributed by atoms with Gasteiger partial charge < -0.3 is 15.1 Å². The minimum Gasteiger partial charge on any atom is -0.363 e. The smallest absolute Gasteiger partial charge is 0.242 e. The van der Waals surface area contributed by atoms with E-state index in [1.807, 2.05) is 11.0 Å². The summed E-state index contributed by atoms with van der Waals surface area (Å²) in [5.41, 5.74) is 1.03. The molecule has 0 unspecified atom stereocenters. The van der Waals surface area contributed by atoms with E-state index >= 15 is 0 Å². The first kappa shape index (κ1) is 13.3. The number of rotatable bonds is 3. The zero-order valence-corrected chi connectivity index (χ0v) is 11.0. The van der Waals surface area contributed by atoms with Gasteiger partial charge >= 0.3 is 0 Å². The second-order valence-corrected chi connectivity index (χ2v) is 4.47. The molecule has 1 N–H and O–H groups in total. The summed E-state index contributed by atoms with van der Waals surface area (Å²) in [4.78, 5) is 19.8. The molecule has 6 nitrogen and oxygen atoms in total. The molecule has 0 bridgehead atoms. The lowest BCUT2D eigenvalue weighted by Gasteiger charge is -2.29. The van der Waals surface area contributed by atoms with Crippen molar-refractivity contribution >= 4 is 11.6 Å². The topological polar surface area (TPSA) is 72.3 Å². The molecule has 0 radical (unpaired) electrons. The second kappa shape index (κ2) is 6.16. The third kappa shape index (κ3) is 3.20. The lowest BCUT2D eigenvalue weighted by atomic mass is 10.2. The maximum absolute atomic E-state index is 12.1. The number of nitriles is 1. The molecule has 2 rings (SSSR count). The minimum atomic E-state index is 0.0803. The van der Waals surface area contributed by atoms with Crippen LogP contribution in [0.1, 0.15) is 5.69 Å². The number of nitrogens with zero attached hydrogens (tertiary/aromatic N) is 4. The van der Waals surface area contributed by atoms with Crippen LogP contribution >= 0.6 is 0 Å². The van der Waals surface area contributed by atoms with Gasteiger partial charge in [0.1, 0.15) is 6.07 Å². The lowest BCUT2D eigenvalue weighted by molar-refractivity contribution is -0.130. The third-order valence-electron chi connectivity index (χ3n) is 3.15. The molecule has 19 heavy (non-hydrogen) atoms. The molecular formula is C13H17N5O. The van der Waals surface area contributed by atoms with E-state index in [1.165, 1.54) is 0 Å². The van der Waals surface area contributed by atoms with E-state index in [1.54, 1.807) is 30.3 Å². The van der Waals surface area contributed by atoms with Crippen molar-refractivity contribution < 1.29 is 4.79 Å². The molecule has 1 aliphatic rings. The van der Waals surface area contributed by atoms with Crippen LogP contribution in [0, 0.1) is 11.3 Å². The monoisotopic (exact) mass is 259 g/mol. The number of aromatic nitrogens is 1. The summed E-state index contributed by atoms with van der Waals surface area (Å²) in [5.74, 6) is 0.0803. The van der Waals surface area contributed by atoms with Gasteiger partial charge in [-0.1, -0.05) is 0 Å². The van der Waals surface area contributed by atoms with Gasteiger partial charge in [0.15, 0.2) is 5.69 Å². The van der Waals surface area contributed by atoms with E-state index in [0.29, 0.717) is 11.4 Å². The van der Waals surface area contributed by atoms with E-state index in [-0.39, 0.29) is 12.5 Å². The lowest BCUT2D eigenvalue weighted by Crippen LogP contribution is -2.49. The SMILES string of the molecule is CN(CC(=O)N1CCNCC1)c1cccnc1C#N. The van der Waals surface area contributed by atoms with Gasteiger partial charge in [-0.15, -0.1) is 0 Å². The highest BCUT2D eigenvalue weighted by Crippen LogP contribution is 2.15. The number of hydrogen-bond donors (Lipinski definition) is 1. The molecule has 1 fully saturated rings. The maximum atomic E-state index is 12.1. The van der Waals surface area contributed by atoms with Crippen LogP contribution in [0.3, 0.4) is 0 Å². The van der Waals surface area contributed by atoms with Gasteiger partial charge in [0.05, 0.1) is 12.2 Å².